The number of rotatable bonds is 6. The summed E-state index contributed by atoms with van der Waals surface area (Å²) in [6.07, 6.45) is 0. The molecule has 61 heavy (non-hydrogen) atoms. The molecule has 0 aliphatic heterocycles. The van der Waals surface area contributed by atoms with Crippen molar-refractivity contribution in [2.24, 2.45) is 0 Å². The highest BCUT2D eigenvalue weighted by Gasteiger charge is 2.31. The summed E-state index contributed by atoms with van der Waals surface area (Å²) in [4.78, 5) is 4.97. The first-order valence-corrected chi connectivity index (χ1v) is 21.7. The highest BCUT2D eigenvalue weighted by molar-refractivity contribution is 7.26. The Balaban J connectivity index is 1.28. The average Bonchev–Trinajstić information content (AvgIpc) is 3.99. The molecule has 0 N–H and O–H groups in total. The summed E-state index contributed by atoms with van der Waals surface area (Å²) < 4.78 is 16.2. The van der Waals surface area contributed by atoms with Gasteiger partial charge in [-0.25, -0.2) is 0 Å². The summed E-state index contributed by atoms with van der Waals surface area (Å²) in [6, 6.07) is 61.3. The van der Waals surface area contributed by atoms with Crippen LogP contribution in [0.4, 0.5) is 34.1 Å². The van der Waals surface area contributed by atoms with Gasteiger partial charge in [0.1, 0.15) is 11.2 Å². The van der Waals surface area contributed by atoms with E-state index in [2.05, 4.69) is 195 Å². The number of hydrogen-bond acceptors (Lipinski definition) is 5. The summed E-state index contributed by atoms with van der Waals surface area (Å²) >= 11 is 1.86. The molecule has 0 saturated carbocycles. The molecule has 3 aromatic heterocycles. The van der Waals surface area contributed by atoms with Gasteiger partial charge >= 0.3 is 0 Å². The van der Waals surface area contributed by atoms with Gasteiger partial charge in [-0.05, 0) is 92.4 Å². The van der Waals surface area contributed by atoms with Gasteiger partial charge in [-0.1, -0.05) is 127 Å². The summed E-state index contributed by atoms with van der Waals surface area (Å²) in [7, 11) is 0. The van der Waals surface area contributed by atoms with E-state index in [1.54, 1.807) is 0 Å². The minimum atomic E-state index is 0.860. The van der Waals surface area contributed by atoms with Crippen LogP contribution < -0.4 is 9.80 Å². The Hall–Kier alpha value is -7.34. The van der Waals surface area contributed by atoms with Crippen molar-refractivity contribution in [2.45, 2.75) is 27.7 Å². The van der Waals surface area contributed by atoms with Crippen molar-refractivity contribution in [3.8, 4) is 0 Å². The van der Waals surface area contributed by atoms with Gasteiger partial charge in [-0.15, -0.1) is 11.3 Å². The Morgan fingerprint density at radius 1 is 0.377 bits per heavy atom. The molecule has 5 heteroatoms. The topological polar surface area (TPSA) is 32.8 Å². The van der Waals surface area contributed by atoms with Gasteiger partial charge < -0.3 is 18.6 Å². The number of furan rings is 2. The number of benzene rings is 9. The molecule has 292 valence electrons. The largest absolute Gasteiger partial charge is 0.454 e. The molecular formula is C56H40N2O2S. The van der Waals surface area contributed by atoms with Gasteiger partial charge in [-0.3, -0.25) is 0 Å². The number of thiophene rings is 1. The maximum atomic E-state index is 6.88. The molecule has 0 unspecified atom stereocenters. The minimum absolute atomic E-state index is 0.860. The van der Waals surface area contributed by atoms with E-state index in [9.17, 15) is 0 Å². The lowest BCUT2D eigenvalue weighted by Crippen LogP contribution is -2.16. The normalized spacial score (nSPS) is 11.9. The molecule has 0 atom stereocenters. The fraction of sp³-hybridized carbons (Fsp3) is 0.0714. The van der Waals surface area contributed by atoms with Crippen LogP contribution in [0.3, 0.4) is 0 Å². The Kier molecular flexibility index (Phi) is 7.93. The maximum Gasteiger partial charge on any atom is 0.159 e. The number of para-hydroxylation sites is 4. The molecule has 12 rings (SSSR count). The smallest absolute Gasteiger partial charge is 0.159 e. The quantitative estimate of drug-likeness (QED) is 0.157. The molecule has 0 spiro atoms. The van der Waals surface area contributed by atoms with E-state index in [1.807, 2.05) is 23.5 Å². The Bertz CT molecular complexity index is 3740. The Morgan fingerprint density at radius 2 is 0.820 bits per heavy atom. The number of fused-ring (bicyclic) bond motifs is 10. The molecule has 3 heterocycles. The van der Waals surface area contributed by atoms with E-state index in [4.69, 9.17) is 8.83 Å². The van der Waals surface area contributed by atoms with Crippen LogP contribution in [0.2, 0.25) is 0 Å². The lowest BCUT2D eigenvalue weighted by atomic mass is 9.96. The first kappa shape index (κ1) is 35.6. The van der Waals surface area contributed by atoms with Crippen molar-refractivity contribution in [2.75, 3.05) is 9.80 Å². The molecule has 0 aliphatic carbocycles. The van der Waals surface area contributed by atoms with Crippen molar-refractivity contribution >= 4 is 120 Å². The van der Waals surface area contributed by atoms with Crippen LogP contribution in [0.5, 0.6) is 0 Å². The number of aryl methyl sites for hydroxylation is 4. The predicted molar refractivity (Wildman–Crippen MR) is 260 cm³/mol. The molecule has 12 aromatic rings. The molecule has 4 nitrogen and oxygen atoms in total. The van der Waals surface area contributed by atoms with E-state index in [-0.39, 0.29) is 0 Å². The van der Waals surface area contributed by atoms with Gasteiger partial charge in [-0.2, -0.15) is 0 Å². The zero-order valence-corrected chi connectivity index (χ0v) is 35.1. The lowest BCUT2D eigenvalue weighted by molar-refractivity contribution is 0.668. The fourth-order valence-electron chi connectivity index (χ4n) is 9.53. The van der Waals surface area contributed by atoms with E-state index in [0.29, 0.717) is 0 Å². The molecule has 0 amide bonds. The van der Waals surface area contributed by atoms with Crippen LogP contribution >= 0.6 is 11.3 Å². The third-order valence-electron chi connectivity index (χ3n) is 12.4. The monoisotopic (exact) mass is 804 g/mol. The Labute approximate surface area is 357 Å². The molecule has 0 fully saturated rings. The van der Waals surface area contributed by atoms with E-state index < -0.39 is 0 Å². The minimum Gasteiger partial charge on any atom is -0.454 e. The standard InChI is InChI=1S/C56H40N2O2S/c1-33-27-29-35(3)46(31-33)57(44-22-13-20-41-37-15-7-10-24-48(37)59-54(41)44)52-39-17-5-6-18-40(39)53(56-51(52)43-19-9-12-26-50(43)61-56)58(47-32-34(2)28-30-36(47)4)45-23-14-21-42-38-16-8-11-25-49(38)60-55(42)45/h5-32H,1-4H3. The summed E-state index contributed by atoms with van der Waals surface area (Å²) in [5.74, 6) is 0. The summed E-state index contributed by atoms with van der Waals surface area (Å²) in [5.41, 5.74) is 14.7. The zero-order valence-electron chi connectivity index (χ0n) is 34.3. The second-order valence-corrected chi connectivity index (χ2v) is 17.4. The molecule has 9 aromatic carbocycles. The average molecular weight is 805 g/mol. The molecule has 0 radical (unpaired) electrons. The van der Waals surface area contributed by atoms with E-state index in [1.165, 1.54) is 42.4 Å². The van der Waals surface area contributed by atoms with Gasteiger partial charge in [0.25, 0.3) is 0 Å². The second kappa shape index (κ2) is 13.6. The third-order valence-corrected chi connectivity index (χ3v) is 13.6. The lowest BCUT2D eigenvalue weighted by Gasteiger charge is -2.33. The van der Waals surface area contributed by atoms with Crippen LogP contribution in [0.15, 0.2) is 179 Å². The highest BCUT2D eigenvalue weighted by atomic mass is 32.1. The summed E-state index contributed by atoms with van der Waals surface area (Å²) in [6.45, 7) is 8.80. The summed E-state index contributed by atoms with van der Waals surface area (Å²) in [5, 5.41) is 9.07. The first-order chi connectivity index (χ1) is 29.9. The predicted octanol–water partition coefficient (Wildman–Crippen LogP) is 17.2. The molecule has 0 aliphatic rings. The van der Waals surface area contributed by atoms with Crippen molar-refractivity contribution < 1.29 is 8.83 Å². The Morgan fingerprint density at radius 3 is 1.38 bits per heavy atom. The van der Waals surface area contributed by atoms with Gasteiger partial charge in [0.05, 0.1) is 27.4 Å². The number of hydrogen-bond donors (Lipinski definition) is 0. The maximum absolute atomic E-state index is 6.88. The highest BCUT2D eigenvalue weighted by Crippen LogP contribution is 2.57. The SMILES string of the molecule is Cc1ccc(C)c(N(c2cccc3c2oc2ccccc23)c2c3ccccc3c(N(c3cc(C)ccc3C)c3cccc4c3oc3ccccc34)c3c2sc2ccccc23)c1. The van der Waals surface area contributed by atoms with Gasteiger partial charge in [0.2, 0.25) is 0 Å². The second-order valence-electron chi connectivity index (χ2n) is 16.3. The number of anilines is 6. The third kappa shape index (κ3) is 5.37. The fourth-order valence-corrected chi connectivity index (χ4v) is 10.8. The van der Waals surface area contributed by atoms with Crippen LogP contribution in [0.1, 0.15) is 22.3 Å². The van der Waals surface area contributed by atoms with Crippen LogP contribution in [0, 0.1) is 27.7 Å². The van der Waals surface area contributed by atoms with Gasteiger partial charge in [0.15, 0.2) is 11.2 Å². The van der Waals surface area contributed by atoms with Crippen molar-refractivity contribution in [1.82, 2.24) is 0 Å². The molecular weight excluding hydrogens is 765 g/mol. The van der Waals surface area contributed by atoms with Gasteiger partial charge in [0, 0.05) is 59.2 Å². The van der Waals surface area contributed by atoms with Crippen molar-refractivity contribution in [3.05, 3.63) is 192 Å². The first-order valence-electron chi connectivity index (χ1n) is 20.8. The van der Waals surface area contributed by atoms with Crippen molar-refractivity contribution in [1.29, 1.82) is 0 Å². The van der Waals surface area contributed by atoms with E-state index in [0.717, 1.165) is 88.8 Å². The van der Waals surface area contributed by atoms with Crippen LogP contribution in [-0.2, 0) is 0 Å². The molecule has 0 bridgehead atoms. The van der Waals surface area contributed by atoms with Crippen molar-refractivity contribution in [3.63, 3.8) is 0 Å². The van der Waals surface area contributed by atoms with Crippen LogP contribution in [0.25, 0.3) is 74.8 Å². The number of nitrogens with zero attached hydrogens (tertiary/aromatic N) is 2. The molecule has 0 saturated heterocycles. The van der Waals surface area contributed by atoms with E-state index >= 15 is 0 Å². The zero-order chi connectivity index (χ0) is 40.9. The van der Waals surface area contributed by atoms with Crippen LogP contribution in [-0.4, -0.2) is 0 Å².